The van der Waals surface area contributed by atoms with Gasteiger partial charge in [0.25, 0.3) is 5.91 Å². The summed E-state index contributed by atoms with van der Waals surface area (Å²) in [5.74, 6) is 0.280. The number of carbonyl (C=O) groups is 1. The molecule has 0 saturated heterocycles. The van der Waals surface area contributed by atoms with E-state index in [1.807, 2.05) is 17.5 Å². The lowest BCUT2D eigenvalue weighted by molar-refractivity contribution is -0.127. The van der Waals surface area contributed by atoms with Gasteiger partial charge >= 0.3 is 0 Å². The summed E-state index contributed by atoms with van der Waals surface area (Å²) in [6.07, 6.45) is -0.648. The number of nitrogens with one attached hydrogen (secondary N) is 1. The third-order valence-electron chi connectivity index (χ3n) is 3.80. The lowest BCUT2D eigenvalue weighted by atomic mass is 10.2. The van der Waals surface area contributed by atoms with Crippen LogP contribution < -0.4 is 10.1 Å². The Kier molecular flexibility index (Phi) is 5.91. The van der Waals surface area contributed by atoms with Crippen molar-refractivity contribution in [2.45, 2.75) is 26.5 Å². The van der Waals surface area contributed by atoms with Crippen molar-refractivity contribution in [1.82, 2.24) is 10.3 Å². The molecular formula is C20H19ClN2O2S. The first-order chi connectivity index (χ1) is 12.5. The number of nitrogens with zero attached hydrogens (tertiary/aromatic N) is 1. The van der Waals surface area contributed by atoms with E-state index >= 15 is 0 Å². The van der Waals surface area contributed by atoms with Crippen LogP contribution in [0.3, 0.4) is 0 Å². The smallest absolute Gasteiger partial charge is 0.261 e. The van der Waals surface area contributed by atoms with Gasteiger partial charge in [0.1, 0.15) is 10.8 Å². The first kappa shape index (κ1) is 18.4. The van der Waals surface area contributed by atoms with Gasteiger partial charge in [-0.3, -0.25) is 4.79 Å². The first-order valence-electron chi connectivity index (χ1n) is 8.23. The van der Waals surface area contributed by atoms with Gasteiger partial charge in [0, 0.05) is 10.9 Å². The molecule has 1 atom stereocenters. The van der Waals surface area contributed by atoms with Gasteiger partial charge in [0.05, 0.1) is 17.3 Å². The van der Waals surface area contributed by atoms with E-state index in [2.05, 4.69) is 41.5 Å². The standard InChI is InChI=1S/C20H19ClN2O2S/c1-13-7-9-15(10-8-13)20-23-16(12-26-20)11-22-19(24)14(2)25-18-6-4-3-5-17(18)21/h3-10,12,14H,11H2,1-2H3,(H,22,24). The fourth-order valence-electron chi connectivity index (χ4n) is 2.32. The van der Waals surface area contributed by atoms with Gasteiger partial charge in [0.2, 0.25) is 0 Å². The van der Waals surface area contributed by atoms with E-state index in [0.717, 1.165) is 16.3 Å². The molecule has 3 rings (SSSR count). The second kappa shape index (κ2) is 8.34. The fraction of sp³-hybridized carbons (Fsp3) is 0.200. The molecule has 0 fully saturated rings. The summed E-state index contributed by atoms with van der Waals surface area (Å²) in [5.41, 5.74) is 3.11. The van der Waals surface area contributed by atoms with Gasteiger partial charge in [-0.25, -0.2) is 4.98 Å². The Balaban J connectivity index is 1.56. The third-order valence-corrected chi connectivity index (χ3v) is 5.06. The minimum atomic E-state index is -0.648. The van der Waals surface area contributed by atoms with E-state index in [4.69, 9.17) is 16.3 Å². The quantitative estimate of drug-likeness (QED) is 0.658. The summed E-state index contributed by atoms with van der Waals surface area (Å²) in [7, 11) is 0. The van der Waals surface area contributed by atoms with Crippen molar-refractivity contribution in [3.63, 3.8) is 0 Å². The Labute approximate surface area is 161 Å². The third kappa shape index (κ3) is 4.62. The summed E-state index contributed by atoms with van der Waals surface area (Å²) in [6, 6.07) is 15.3. The van der Waals surface area contributed by atoms with Gasteiger partial charge in [0.15, 0.2) is 6.10 Å². The van der Waals surface area contributed by atoms with Crippen LogP contribution >= 0.6 is 22.9 Å². The zero-order valence-corrected chi connectivity index (χ0v) is 16.1. The minimum Gasteiger partial charge on any atom is -0.479 e. The molecule has 0 bridgehead atoms. The molecule has 2 aromatic carbocycles. The molecule has 0 aliphatic heterocycles. The Morgan fingerprint density at radius 2 is 1.96 bits per heavy atom. The number of ether oxygens (including phenoxy) is 1. The molecule has 1 N–H and O–H groups in total. The van der Waals surface area contributed by atoms with Gasteiger partial charge in [-0.15, -0.1) is 11.3 Å². The highest BCUT2D eigenvalue weighted by atomic mass is 35.5. The molecule has 134 valence electrons. The molecule has 0 aliphatic rings. The van der Waals surface area contributed by atoms with Gasteiger partial charge in [-0.2, -0.15) is 0 Å². The molecule has 4 nitrogen and oxygen atoms in total. The van der Waals surface area contributed by atoms with Crippen LogP contribution in [0.1, 0.15) is 18.2 Å². The highest BCUT2D eigenvalue weighted by Gasteiger charge is 2.16. The number of benzene rings is 2. The van der Waals surface area contributed by atoms with Crippen LogP contribution in [-0.2, 0) is 11.3 Å². The Bertz CT molecular complexity index is 893. The van der Waals surface area contributed by atoms with E-state index in [1.54, 1.807) is 30.4 Å². The maximum atomic E-state index is 12.2. The number of hydrogen-bond acceptors (Lipinski definition) is 4. The maximum absolute atomic E-state index is 12.2. The average Bonchev–Trinajstić information content (AvgIpc) is 3.11. The van der Waals surface area contributed by atoms with Crippen LogP contribution in [-0.4, -0.2) is 17.0 Å². The van der Waals surface area contributed by atoms with Crippen molar-refractivity contribution < 1.29 is 9.53 Å². The molecule has 1 amide bonds. The van der Waals surface area contributed by atoms with Crippen molar-refractivity contribution in [3.05, 3.63) is 70.2 Å². The topological polar surface area (TPSA) is 51.2 Å². The van der Waals surface area contributed by atoms with E-state index in [0.29, 0.717) is 17.3 Å². The first-order valence-corrected chi connectivity index (χ1v) is 9.49. The van der Waals surface area contributed by atoms with Crippen molar-refractivity contribution in [3.8, 4) is 16.3 Å². The summed E-state index contributed by atoms with van der Waals surface area (Å²) >= 11 is 7.61. The normalized spacial score (nSPS) is 11.8. The lowest BCUT2D eigenvalue weighted by Crippen LogP contribution is -2.36. The largest absolute Gasteiger partial charge is 0.479 e. The molecule has 6 heteroatoms. The summed E-state index contributed by atoms with van der Waals surface area (Å²) in [4.78, 5) is 16.8. The van der Waals surface area contributed by atoms with Crippen LogP contribution in [0.5, 0.6) is 5.75 Å². The van der Waals surface area contributed by atoms with Crippen LogP contribution in [0.15, 0.2) is 53.9 Å². The number of amides is 1. The van der Waals surface area contributed by atoms with Gasteiger partial charge in [-0.05, 0) is 26.0 Å². The van der Waals surface area contributed by atoms with Crippen molar-refractivity contribution >= 4 is 28.8 Å². The molecule has 1 heterocycles. The average molecular weight is 387 g/mol. The number of aryl methyl sites for hydroxylation is 1. The monoisotopic (exact) mass is 386 g/mol. The highest BCUT2D eigenvalue weighted by Crippen LogP contribution is 2.25. The van der Waals surface area contributed by atoms with E-state index in [9.17, 15) is 4.79 Å². The Morgan fingerprint density at radius 3 is 2.69 bits per heavy atom. The zero-order chi connectivity index (χ0) is 18.5. The molecule has 1 aromatic heterocycles. The number of hydrogen-bond donors (Lipinski definition) is 1. The molecule has 1 unspecified atom stereocenters. The van der Waals surface area contributed by atoms with Crippen LogP contribution in [0.4, 0.5) is 0 Å². The van der Waals surface area contributed by atoms with Crippen LogP contribution in [0.2, 0.25) is 5.02 Å². The zero-order valence-electron chi connectivity index (χ0n) is 14.5. The number of halogens is 1. The van der Waals surface area contributed by atoms with Gasteiger partial charge < -0.3 is 10.1 Å². The molecule has 3 aromatic rings. The summed E-state index contributed by atoms with van der Waals surface area (Å²) in [6.45, 7) is 4.10. The summed E-state index contributed by atoms with van der Waals surface area (Å²) in [5, 5.41) is 6.22. The molecule has 0 spiro atoms. The van der Waals surface area contributed by atoms with Crippen LogP contribution in [0.25, 0.3) is 10.6 Å². The second-order valence-electron chi connectivity index (χ2n) is 5.92. The Hall–Kier alpha value is -2.37. The van der Waals surface area contributed by atoms with Crippen molar-refractivity contribution in [2.75, 3.05) is 0 Å². The van der Waals surface area contributed by atoms with Gasteiger partial charge in [-0.1, -0.05) is 53.6 Å². The summed E-state index contributed by atoms with van der Waals surface area (Å²) < 4.78 is 5.62. The van der Waals surface area contributed by atoms with E-state index < -0.39 is 6.10 Å². The van der Waals surface area contributed by atoms with Crippen molar-refractivity contribution in [2.24, 2.45) is 0 Å². The molecule has 0 radical (unpaired) electrons. The highest BCUT2D eigenvalue weighted by molar-refractivity contribution is 7.13. The molecule has 26 heavy (non-hydrogen) atoms. The number of carbonyl (C=O) groups excluding carboxylic acids is 1. The molecule has 0 saturated carbocycles. The number of aromatic nitrogens is 1. The number of para-hydroxylation sites is 1. The molecule has 0 aliphatic carbocycles. The maximum Gasteiger partial charge on any atom is 0.261 e. The van der Waals surface area contributed by atoms with Crippen LogP contribution in [0, 0.1) is 6.92 Å². The van der Waals surface area contributed by atoms with Crippen molar-refractivity contribution in [1.29, 1.82) is 0 Å². The number of thiazole rings is 1. The SMILES string of the molecule is Cc1ccc(-c2nc(CNC(=O)C(C)Oc3ccccc3Cl)cs2)cc1. The molecular weight excluding hydrogens is 368 g/mol. The predicted octanol–water partition coefficient (Wildman–Crippen LogP) is 4.86. The fourth-order valence-corrected chi connectivity index (χ4v) is 3.33. The van der Waals surface area contributed by atoms with E-state index in [-0.39, 0.29) is 5.91 Å². The lowest BCUT2D eigenvalue weighted by Gasteiger charge is -2.15. The van der Waals surface area contributed by atoms with E-state index in [1.165, 1.54) is 5.56 Å². The second-order valence-corrected chi connectivity index (χ2v) is 7.18. The Morgan fingerprint density at radius 1 is 1.23 bits per heavy atom. The minimum absolute atomic E-state index is 0.213. The number of rotatable bonds is 6. The predicted molar refractivity (Wildman–Crippen MR) is 106 cm³/mol.